The van der Waals surface area contributed by atoms with Crippen molar-refractivity contribution in [2.24, 2.45) is 0 Å². The Morgan fingerprint density at radius 3 is 2.53 bits per heavy atom. The third-order valence-corrected chi connectivity index (χ3v) is 3.12. The molecule has 1 N–H and O–H groups in total. The van der Waals surface area contributed by atoms with Gasteiger partial charge in [0.05, 0.1) is 0 Å². The maximum absolute atomic E-state index is 3.59. The summed E-state index contributed by atoms with van der Waals surface area (Å²) >= 11 is 0. The van der Waals surface area contributed by atoms with E-state index >= 15 is 0 Å². The lowest BCUT2D eigenvalue weighted by Gasteiger charge is -2.18. The molecule has 0 aliphatic heterocycles. The molecule has 0 bridgehead atoms. The normalized spacial score (nSPS) is 13.1. The van der Waals surface area contributed by atoms with Crippen LogP contribution in [-0.4, -0.2) is 32.1 Å². The number of hydrogen-bond acceptors (Lipinski definition) is 2. The van der Waals surface area contributed by atoms with Crippen LogP contribution in [0.5, 0.6) is 0 Å². The van der Waals surface area contributed by atoms with E-state index in [1.165, 1.54) is 23.1 Å². The van der Waals surface area contributed by atoms with Gasteiger partial charge in [-0.05, 0) is 65.5 Å². The number of benzene rings is 1. The van der Waals surface area contributed by atoms with E-state index in [2.05, 4.69) is 63.3 Å². The van der Waals surface area contributed by atoms with Crippen LogP contribution in [0.4, 0.5) is 0 Å². The molecular formula is C15H26N2. The molecule has 96 valence electrons. The first-order valence-electron chi connectivity index (χ1n) is 6.46. The highest BCUT2D eigenvalue weighted by molar-refractivity contribution is 5.32. The molecule has 1 rings (SSSR count). The van der Waals surface area contributed by atoms with E-state index in [1.807, 2.05) is 0 Å². The fourth-order valence-corrected chi connectivity index (χ4v) is 2.14. The van der Waals surface area contributed by atoms with Crippen molar-refractivity contribution in [2.45, 2.75) is 33.2 Å². The first kappa shape index (κ1) is 14.2. The Balaban J connectivity index is 2.44. The van der Waals surface area contributed by atoms with Crippen molar-refractivity contribution in [1.82, 2.24) is 10.2 Å². The van der Waals surface area contributed by atoms with Gasteiger partial charge in [0.15, 0.2) is 0 Å². The van der Waals surface area contributed by atoms with Gasteiger partial charge in [-0.1, -0.05) is 23.8 Å². The monoisotopic (exact) mass is 234 g/mol. The van der Waals surface area contributed by atoms with Crippen LogP contribution in [0.3, 0.4) is 0 Å². The van der Waals surface area contributed by atoms with Crippen LogP contribution >= 0.6 is 0 Å². The maximum Gasteiger partial charge on any atom is 0.0294 e. The van der Waals surface area contributed by atoms with E-state index in [0.717, 1.165) is 13.1 Å². The number of nitrogens with one attached hydrogen (secondary N) is 1. The molecule has 17 heavy (non-hydrogen) atoms. The highest BCUT2D eigenvalue weighted by Crippen LogP contribution is 2.18. The molecule has 0 aliphatic carbocycles. The minimum atomic E-state index is 0.442. The Morgan fingerprint density at radius 2 is 1.94 bits per heavy atom. The molecular weight excluding hydrogens is 208 g/mol. The predicted octanol–water partition coefficient (Wildman–Crippen LogP) is 2.91. The molecule has 2 nitrogen and oxygen atoms in total. The smallest absolute Gasteiger partial charge is 0.0294 e. The molecule has 0 spiro atoms. The van der Waals surface area contributed by atoms with Crippen molar-refractivity contribution in [3.8, 4) is 0 Å². The predicted molar refractivity (Wildman–Crippen MR) is 75.5 cm³/mol. The molecule has 2 heteroatoms. The molecule has 0 saturated carbocycles. The fourth-order valence-electron chi connectivity index (χ4n) is 2.14. The second-order valence-electron chi connectivity index (χ2n) is 5.19. The van der Waals surface area contributed by atoms with Gasteiger partial charge in [-0.25, -0.2) is 0 Å². The fraction of sp³-hybridized carbons (Fsp3) is 0.600. The van der Waals surface area contributed by atoms with Crippen LogP contribution in [0.25, 0.3) is 0 Å². The number of rotatable bonds is 6. The lowest BCUT2D eigenvalue weighted by atomic mass is 10.0. The molecule has 0 aromatic heterocycles. The maximum atomic E-state index is 3.59. The molecule has 0 amide bonds. The van der Waals surface area contributed by atoms with Crippen molar-refractivity contribution in [1.29, 1.82) is 0 Å². The Kier molecular flexibility index (Phi) is 5.66. The zero-order valence-electron chi connectivity index (χ0n) is 11.9. The second kappa shape index (κ2) is 6.77. The van der Waals surface area contributed by atoms with Crippen molar-refractivity contribution in [2.75, 3.05) is 27.2 Å². The first-order chi connectivity index (χ1) is 8.00. The van der Waals surface area contributed by atoms with Crippen LogP contribution in [0, 0.1) is 13.8 Å². The second-order valence-corrected chi connectivity index (χ2v) is 5.19. The van der Waals surface area contributed by atoms with Crippen LogP contribution in [0.1, 0.15) is 36.1 Å². The molecule has 1 aromatic rings. The highest BCUT2D eigenvalue weighted by Gasteiger charge is 2.07. The lowest BCUT2D eigenvalue weighted by Crippen LogP contribution is -2.24. The summed E-state index contributed by atoms with van der Waals surface area (Å²) in [7, 11) is 4.24. The number of hydrogen-bond donors (Lipinski definition) is 1. The van der Waals surface area contributed by atoms with E-state index in [-0.39, 0.29) is 0 Å². The van der Waals surface area contributed by atoms with E-state index in [9.17, 15) is 0 Å². The van der Waals surface area contributed by atoms with Gasteiger partial charge in [0.2, 0.25) is 0 Å². The van der Waals surface area contributed by atoms with Crippen molar-refractivity contribution in [3.05, 3.63) is 34.9 Å². The SMILES string of the molecule is Cc1ccc(C(C)NCCCN(C)C)c(C)c1. The quantitative estimate of drug-likeness (QED) is 0.761. The van der Waals surface area contributed by atoms with Crippen LogP contribution in [0.15, 0.2) is 18.2 Å². The number of aryl methyl sites for hydroxylation is 2. The van der Waals surface area contributed by atoms with E-state index in [0.29, 0.717) is 6.04 Å². The highest BCUT2D eigenvalue weighted by atomic mass is 15.1. The average Bonchev–Trinajstić information content (AvgIpc) is 2.23. The molecule has 0 radical (unpaired) electrons. The summed E-state index contributed by atoms with van der Waals surface area (Å²) < 4.78 is 0. The molecule has 1 atom stereocenters. The van der Waals surface area contributed by atoms with Gasteiger partial charge in [-0.2, -0.15) is 0 Å². The van der Waals surface area contributed by atoms with Crippen LogP contribution < -0.4 is 5.32 Å². The average molecular weight is 234 g/mol. The van der Waals surface area contributed by atoms with Crippen molar-refractivity contribution < 1.29 is 0 Å². The summed E-state index contributed by atoms with van der Waals surface area (Å²) in [4.78, 5) is 2.23. The van der Waals surface area contributed by atoms with Crippen molar-refractivity contribution in [3.63, 3.8) is 0 Å². The summed E-state index contributed by atoms with van der Waals surface area (Å²) in [5.74, 6) is 0. The summed E-state index contributed by atoms with van der Waals surface area (Å²) in [6.45, 7) is 8.80. The van der Waals surface area contributed by atoms with Crippen LogP contribution in [0.2, 0.25) is 0 Å². The third kappa shape index (κ3) is 4.88. The topological polar surface area (TPSA) is 15.3 Å². The Bertz CT molecular complexity index is 345. The Morgan fingerprint density at radius 1 is 1.24 bits per heavy atom. The van der Waals surface area contributed by atoms with E-state index < -0.39 is 0 Å². The standard InChI is InChI=1S/C15H26N2/c1-12-7-8-15(13(2)11-12)14(3)16-9-6-10-17(4)5/h7-8,11,14,16H,6,9-10H2,1-5H3. The van der Waals surface area contributed by atoms with Crippen LogP contribution in [-0.2, 0) is 0 Å². The van der Waals surface area contributed by atoms with Gasteiger partial charge in [0.1, 0.15) is 0 Å². The Hall–Kier alpha value is -0.860. The largest absolute Gasteiger partial charge is 0.310 e. The molecule has 0 heterocycles. The minimum absolute atomic E-state index is 0.442. The van der Waals surface area contributed by atoms with Gasteiger partial charge in [-0.15, -0.1) is 0 Å². The number of nitrogens with zero attached hydrogens (tertiary/aromatic N) is 1. The first-order valence-corrected chi connectivity index (χ1v) is 6.46. The minimum Gasteiger partial charge on any atom is -0.310 e. The molecule has 1 aromatic carbocycles. The summed E-state index contributed by atoms with van der Waals surface area (Å²) in [6, 6.07) is 7.14. The van der Waals surface area contributed by atoms with E-state index in [4.69, 9.17) is 0 Å². The zero-order chi connectivity index (χ0) is 12.8. The van der Waals surface area contributed by atoms with Gasteiger partial charge < -0.3 is 10.2 Å². The van der Waals surface area contributed by atoms with Gasteiger partial charge in [0, 0.05) is 6.04 Å². The Labute approximate surface area is 106 Å². The molecule has 0 saturated heterocycles. The van der Waals surface area contributed by atoms with Gasteiger partial charge in [-0.3, -0.25) is 0 Å². The molecule has 1 unspecified atom stereocenters. The van der Waals surface area contributed by atoms with Crippen molar-refractivity contribution >= 4 is 0 Å². The van der Waals surface area contributed by atoms with E-state index in [1.54, 1.807) is 0 Å². The molecule has 0 fully saturated rings. The third-order valence-electron chi connectivity index (χ3n) is 3.12. The van der Waals surface area contributed by atoms with Gasteiger partial charge in [0.25, 0.3) is 0 Å². The summed E-state index contributed by atoms with van der Waals surface area (Å²) in [5, 5.41) is 3.59. The summed E-state index contributed by atoms with van der Waals surface area (Å²) in [6.07, 6.45) is 1.20. The van der Waals surface area contributed by atoms with Gasteiger partial charge >= 0.3 is 0 Å². The lowest BCUT2D eigenvalue weighted by molar-refractivity contribution is 0.389. The summed E-state index contributed by atoms with van der Waals surface area (Å²) in [5.41, 5.74) is 4.14. The zero-order valence-corrected chi connectivity index (χ0v) is 11.9. The molecule has 0 aliphatic rings.